The second-order valence-corrected chi connectivity index (χ2v) is 6.15. The van der Waals surface area contributed by atoms with Gasteiger partial charge in [-0.05, 0) is 31.0 Å². The molecule has 6 heteroatoms. The number of rotatable bonds is 5. The monoisotopic (exact) mass is 377 g/mol. The van der Waals surface area contributed by atoms with E-state index in [0.717, 1.165) is 5.56 Å². The molecule has 2 rings (SSSR count). The summed E-state index contributed by atoms with van der Waals surface area (Å²) in [5, 5.41) is 10.9. The Hall–Kier alpha value is -2.21. The zero-order valence-corrected chi connectivity index (χ0v) is 14.3. The van der Waals surface area contributed by atoms with E-state index in [0.29, 0.717) is 10.0 Å². The number of esters is 1. The van der Waals surface area contributed by atoms with Gasteiger partial charge in [0.1, 0.15) is 5.92 Å². The van der Waals surface area contributed by atoms with Gasteiger partial charge in [0.25, 0.3) is 5.69 Å². The predicted molar refractivity (Wildman–Crippen MR) is 90.3 cm³/mol. The number of nitro groups is 1. The van der Waals surface area contributed by atoms with Gasteiger partial charge < -0.3 is 4.74 Å². The maximum atomic E-state index is 12.5. The summed E-state index contributed by atoms with van der Waals surface area (Å²) in [5.41, 5.74) is 1.37. The molecular weight excluding hydrogens is 362 g/mol. The molecule has 1 atom stereocenters. The number of ether oxygens (including phenoxy) is 1. The van der Waals surface area contributed by atoms with Crippen molar-refractivity contribution in [2.75, 3.05) is 0 Å². The van der Waals surface area contributed by atoms with Crippen molar-refractivity contribution in [3.8, 4) is 0 Å². The van der Waals surface area contributed by atoms with Crippen molar-refractivity contribution in [3.63, 3.8) is 0 Å². The molecule has 0 aliphatic heterocycles. The summed E-state index contributed by atoms with van der Waals surface area (Å²) in [4.78, 5) is 23.0. The van der Waals surface area contributed by atoms with Gasteiger partial charge >= 0.3 is 5.97 Å². The summed E-state index contributed by atoms with van der Waals surface area (Å²) >= 11 is 3.34. The molecule has 0 saturated carbocycles. The molecule has 0 spiro atoms. The normalized spacial score (nSPS) is 12.0. The zero-order valence-electron chi connectivity index (χ0n) is 12.7. The van der Waals surface area contributed by atoms with Gasteiger partial charge in [-0.2, -0.15) is 0 Å². The quantitative estimate of drug-likeness (QED) is 0.438. The molecule has 0 amide bonds. The van der Waals surface area contributed by atoms with Crippen molar-refractivity contribution in [2.45, 2.75) is 25.9 Å². The third-order valence-corrected chi connectivity index (χ3v) is 3.91. The number of hydrogen-bond donors (Lipinski definition) is 0. The van der Waals surface area contributed by atoms with E-state index in [1.807, 2.05) is 30.3 Å². The fraction of sp³-hybridized carbons (Fsp3) is 0.235. The lowest BCUT2D eigenvalue weighted by Gasteiger charge is -2.19. The largest absolute Gasteiger partial charge is 0.462 e. The van der Waals surface area contributed by atoms with Crippen LogP contribution in [0.2, 0.25) is 0 Å². The van der Waals surface area contributed by atoms with E-state index >= 15 is 0 Å². The first-order valence-corrected chi connectivity index (χ1v) is 7.88. The third kappa shape index (κ3) is 4.16. The Kier molecular flexibility index (Phi) is 5.50. The standard InChI is InChI=1S/C17H16BrNO4/c1-11(2)23-17(20)16(12-6-4-3-5-7-12)14-9-8-13(19(21)22)10-15(14)18/h3-11,16H,1-2H3/t16-/m1/s1. The minimum atomic E-state index is -0.645. The molecule has 23 heavy (non-hydrogen) atoms. The van der Waals surface area contributed by atoms with Gasteiger partial charge in [-0.3, -0.25) is 14.9 Å². The average Bonchev–Trinajstić information content (AvgIpc) is 2.49. The highest BCUT2D eigenvalue weighted by Gasteiger charge is 2.27. The molecule has 0 aromatic heterocycles. The highest BCUT2D eigenvalue weighted by Crippen LogP contribution is 2.34. The SMILES string of the molecule is CC(C)OC(=O)[C@H](c1ccccc1)c1ccc([N+](=O)[O-])cc1Br. The van der Waals surface area contributed by atoms with Crippen molar-refractivity contribution in [1.82, 2.24) is 0 Å². The first-order chi connectivity index (χ1) is 10.9. The van der Waals surface area contributed by atoms with Gasteiger partial charge in [0.15, 0.2) is 0 Å². The van der Waals surface area contributed by atoms with Crippen LogP contribution in [-0.4, -0.2) is 17.0 Å². The van der Waals surface area contributed by atoms with Crippen LogP contribution in [0.5, 0.6) is 0 Å². The first kappa shape index (κ1) is 17.1. The minimum Gasteiger partial charge on any atom is -0.462 e. The van der Waals surface area contributed by atoms with Crippen molar-refractivity contribution in [1.29, 1.82) is 0 Å². The van der Waals surface area contributed by atoms with E-state index in [9.17, 15) is 14.9 Å². The Morgan fingerprint density at radius 1 is 1.17 bits per heavy atom. The Balaban J connectivity index is 2.50. The van der Waals surface area contributed by atoms with E-state index in [2.05, 4.69) is 15.9 Å². The van der Waals surface area contributed by atoms with Crippen LogP contribution in [0.3, 0.4) is 0 Å². The van der Waals surface area contributed by atoms with Crippen LogP contribution >= 0.6 is 15.9 Å². The molecule has 120 valence electrons. The number of carbonyl (C=O) groups is 1. The second-order valence-electron chi connectivity index (χ2n) is 5.29. The average molecular weight is 378 g/mol. The van der Waals surface area contributed by atoms with Crippen LogP contribution in [-0.2, 0) is 9.53 Å². The first-order valence-electron chi connectivity index (χ1n) is 7.09. The number of carbonyl (C=O) groups excluding carboxylic acids is 1. The molecular formula is C17H16BrNO4. The smallest absolute Gasteiger partial charge is 0.318 e. The number of nitro benzene ring substituents is 1. The zero-order chi connectivity index (χ0) is 17.0. The maximum absolute atomic E-state index is 12.5. The van der Waals surface area contributed by atoms with E-state index < -0.39 is 10.8 Å². The van der Waals surface area contributed by atoms with Gasteiger partial charge in [-0.1, -0.05) is 46.3 Å². The van der Waals surface area contributed by atoms with Crippen molar-refractivity contribution < 1.29 is 14.5 Å². The Morgan fingerprint density at radius 2 is 1.83 bits per heavy atom. The number of hydrogen-bond acceptors (Lipinski definition) is 4. The number of halogens is 1. The summed E-state index contributed by atoms with van der Waals surface area (Å²) in [5.74, 6) is -1.03. The van der Waals surface area contributed by atoms with Crippen LogP contribution in [0, 0.1) is 10.1 Å². The van der Waals surface area contributed by atoms with Crippen molar-refractivity contribution >= 4 is 27.6 Å². The summed E-state index contributed by atoms with van der Waals surface area (Å²) in [6, 6.07) is 13.6. The molecule has 0 bridgehead atoms. The van der Waals surface area contributed by atoms with Crippen LogP contribution < -0.4 is 0 Å². The van der Waals surface area contributed by atoms with Crippen molar-refractivity contribution in [2.24, 2.45) is 0 Å². The molecule has 0 fully saturated rings. The Bertz CT molecular complexity index is 716. The molecule has 0 aliphatic rings. The van der Waals surface area contributed by atoms with E-state index in [1.165, 1.54) is 12.1 Å². The van der Waals surface area contributed by atoms with Gasteiger partial charge in [-0.25, -0.2) is 0 Å². The molecule has 2 aromatic carbocycles. The van der Waals surface area contributed by atoms with Crippen LogP contribution in [0.25, 0.3) is 0 Å². The second kappa shape index (κ2) is 7.37. The Labute approximate surface area is 142 Å². The molecule has 0 unspecified atom stereocenters. The Morgan fingerprint density at radius 3 is 2.35 bits per heavy atom. The minimum absolute atomic E-state index is 0.0373. The number of non-ortho nitro benzene ring substituents is 1. The number of nitrogens with zero attached hydrogens (tertiary/aromatic N) is 1. The number of benzene rings is 2. The fourth-order valence-electron chi connectivity index (χ4n) is 2.25. The van der Waals surface area contributed by atoms with Gasteiger partial charge in [0, 0.05) is 16.6 Å². The fourth-order valence-corrected chi connectivity index (χ4v) is 2.85. The molecule has 0 heterocycles. The molecule has 5 nitrogen and oxygen atoms in total. The summed E-state index contributed by atoms with van der Waals surface area (Å²) in [6.07, 6.45) is -0.245. The lowest BCUT2D eigenvalue weighted by molar-refractivity contribution is -0.384. The molecule has 0 radical (unpaired) electrons. The molecule has 0 N–H and O–H groups in total. The van der Waals surface area contributed by atoms with Gasteiger partial charge in [-0.15, -0.1) is 0 Å². The van der Waals surface area contributed by atoms with E-state index in [4.69, 9.17) is 4.74 Å². The maximum Gasteiger partial charge on any atom is 0.318 e. The molecule has 0 aliphatic carbocycles. The van der Waals surface area contributed by atoms with Crippen LogP contribution in [0.1, 0.15) is 30.9 Å². The molecule has 2 aromatic rings. The topological polar surface area (TPSA) is 69.4 Å². The molecule has 0 saturated heterocycles. The van der Waals surface area contributed by atoms with Crippen LogP contribution in [0.15, 0.2) is 53.0 Å². The summed E-state index contributed by atoms with van der Waals surface area (Å²) < 4.78 is 5.86. The van der Waals surface area contributed by atoms with E-state index in [-0.39, 0.29) is 17.8 Å². The third-order valence-electron chi connectivity index (χ3n) is 3.23. The lowest BCUT2D eigenvalue weighted by Crippen LogP contribution is -2.21. The lowest BCUT2D eigenvalue weighted by atomic mass is 9.91. The van der Waals surface area contributed by atoms with Gasteiger partial charge in [0.2, 0.25) is 0 Å². The van der Waals surface area contributed by atoms with Crippen molar-refractivity contribution in [3.05, 3.63) is 74.2 Å². The van der Waals surface area contributed by atoms with Gasteiger partial charge in [0.05, 0.1) is 11.0 Å². The highest BCUT2D eigenvalue weighted by molar-refractivity contribution is 9.10. The highest BCUT2D eigenvalue weighted by atomic mass is 79.9. The predicted octanol–water partition coefficient (Wildman–Crippen LogP) is 4.44. The summed E-state index contributed by atoms with van der Waals surface area (Å²) in [7, 11) is 0. The van der Waals surface area contributed by atoms with E-state index in [1.54, 1.807) is 19.9 Å². The summed E-state index contributed by atoms with van der Waals surface area (Å²) in [6.45, 7) is 3.57. The van der Waals surface area contributed by atoms with Crippen LogP contribution in [0.4, 0.5) is 5.69 Å².